The number of rotatable bonds is 5. The van der Waals surface area contributed by atoms with E-state index in [1.54, 1.807) is 18.2 Å². The van der Waals surface area contributed by atoms with Crippen molar-refractivity contribution in [2.45, 2.75) is 69.7 Å². The number of ether oxygens (including phenoxy) is 2. The van der Waals surface area contributed by atoms with Crippen LogP contribution in [0, 0.1) is 5.92 Å². The largest absolute Gasteiger partial charge is 0.481 e. The van der Waals surface area contributed by atoms with Gasteiger partial charge in [0.25, 0.3) is 11.8 Å². The maximum Gasteiger partial charge on any atom is 0.426 e. The second kappa shape index (κ2) is 11.5. The first-order chi connectivity index (χ1) is 19.2. The van der Waals surface area contributed by atoms with Crippen molar-refractivity contribution < 1.29 is 50.1 Å². The molecule has 3 aromatic rings. The summed E-state index contributed by atoms with van der Waals surface area (Å²) in [4.78, 5) is 15.4. The van der Waals surface area contributed by atoms with E-state index in [1.165, 1.54) is 19.1 Å². The van der Waals surface area contributed by atoms with Crippen molar-refractivity contribution in [3.8, 4) is 17.5 Å². The van der Waals surface area contributed by atoms with Gasteiger partial charge in [-0.3, -0.25) is 4.79 Å². The smallest absolute Gasteiger partial charge is 0.426 e. The van der Waals surface area contributed by atoms with E-state index in [0.717, 1.165) is 0 Å². The average molecular weight is 589 g/mol. The van der Waals surface area contributed by atoms with Crippen LogP contribution in [0.1, 0.15) is 56.0 Å². The Hall–Kier alpha value is -3.88. The molecule has 0 radical (unpaired) electrons. The van der Waals surface area contributed by atoms with Gasteiger partial charge in [0.15, 0.2) is 5.69 Å². The van der Waals surface area contributed by atoms with Gasteiger partial charge in [0.2, 0.25) is 11.5 Å². The van der Waals surface area contributed by atoms with Crippen LogP contribution in [0.25, 0.3) is 11.6 Å². The number of hydrogen-bond acceptors (Lipinski definition) is 8. The van der Waals surface area contributed by atoms with Gasteiger partial charge in [-0.15, -0.1) is 10.2 Å². The summed E-state index contributed by atoms with van der Waals surface area (Å²) in [6, 6.07) is 8.48. The topological polar surface area (TPSA) is 134 Å². The number of nitrogen functional groups attached to an aromatic ring is 1. The molecule has 1 aromatic carbocycles. The number of aromatic nitrogens is 3. The highest BCUT2D eigenvalue weighted by atomic mass is 19.4. The summed E-state index contributed by atoms with van der Waals surface area (Å²) in [6.07, 6.45) is -12.3. The highest BCUT2D eigenvalue weighted by Gasteiger charge is 2.62. The van der Waals surface area contributed by atoms with Gasteiger partial charge in [-0.25, -0.2) is 4.98 Å². The van der Waals surface area contributed by atoms with E-state index in [2.05, 4.69) is 15.2 Å². The van der Waals surface area contributed by atoms with E-state index in [1.807, 2.05) is 0 Å². The summed E-state index contributed by atoms with van der Waals surface area (Å²) in [7, 11) is 0. The molecule has 3 atom stereocenters. The maximum atomic E-state index is 15.0. The molecule has 3 N–H and O–H groups in total. The number of nitrogens with zero attached hydrogens (tertiary/aromatic N) is 3. The fourth-order valence-corrected chi connectivity index (χ4v) is 4.64. The van der Waals surface area contributed by atoms with Crippen LogP contribution >= 0.6 is 0 Å². The number of pyridine rings is 1. The molecule has 0 amide bonds. The number of nitrogens with two attached hydrogens (primary N) is 1. The number of benzene rings is 1. The van der Waals surface area contributed by atoms with E-state index >= 15 is 13.2 Å². The minimum absolute atomic E-state index is 0.0416. The van der Waals surface area contributed by atoms with Crippen LogP contribution in [0.5, 0.6) is 5.88 Å². The Kier molecular flexibility index (Phi) is 8.47. The minimum atomic E-state index is -5.18. The molecule has 3 heterocycles. The lowest BCUT2D eigenvalue weighted by atomic mass is 9.84. The summed E-state index contributed by atoms with van der Waals surface area (Å²) in [5, 5.41) is 16.6. The molecule has 222 valence electrons. The van der Waals surface area contributed by atoms with E-state index in [0.29, 0.717) is 11.6 Å². The normalized spacial score (nSPS) is 22.0. The predicted octanol–water partition coefficient (Wildman–Crippen LogP) is 6.14. The zero-order valence-electron chi connectivity index (χ0n) is 21.6. The molecular weight excluding hydrogens is 562 g/mol. The van der Waals surface area contributed by atoms with E-state index in [4.69, 9.17) is 19.6 Å². The fourth-order valence-electron chi connectivity index (χ4n) is 4.64. The Bertz CT molecular complexity index is 1360. The molecule has 4 rings (SSSR count). The molecule has 9 nitrogen and oxygen atoms in total. The van der Waals surface area contributed by atoms with Crippen molar-refractivity contribution in [1.82, 2.24) is 15.2 Å². The first-order valence-corrected chi connectivity index (χ1v) is 12.5. The second-order valence-corrected chi connectivity index (χ2v) is 9.82. The van der Waals surface area contributed by atoms with Gasteiger partial charge in [0.1, 0.15) is 5.56 Å². The SMILES string of the molecule is C[C@@H]1CCCC(CC(=O)O)C[C@](OCc2ccccc2)(C(F)(F)F)c2nnc(o2)-c2nc(c(C(F)(F)F)cc2N)O1. The van der Waals surface area contributed by atoms with Gasteiger partial charge in [0, 0.05) is 6.42 Å². The highest BCUT2D eigenvalue weighted by Crippen LogP contribution is 2.49. The summed E-state index contributed by atoms with van der Waals surface area (Å²) in [6.45, 7) is 0.914. The summed E-state index contributed by atoms with van der Waals surface area (Å²) in [5.41, 5.74) is 0.525. The van der Waals surface area contributed by atoms with Gasteiger partial charge in [0.05, 0.1) is 18.4 Å². The zero-order valence-corrected chi connectivity index (χ0v) is 21.6. The number of carboxylic acid groups (broad SMARTS) is 1. The molecule has 41 heavy (non-hydrogen) atoms. The number of fused-ring (bicyclic) bond motifs is 5. The van der Waals surface area contributed by atoms with Crippen molar-refractivity contribution in [2.75, 3.05) is 5.73 Å². The first kappa shape index (κ1) is 30.1. The van der Waals surface area contributed by atoms with E-state index in [-0.39, 0.29) is 19.3 Å². The van der Waals surface area contributed by atoms with Crippen LogP contribution in [0.15, 0.2) is 40.8 Å². The van der Waals surface area contributed by atoms with Crippen LogP contribution in [-0.2, 0) is 27.9 Å². The fraction of sp³-hybridized carbons (Fsp3) is 0.462. The van der Waals surface area contributed by atoms with Gasteiger partial charge < -0.3 is 24.7 Å². The number of carbonyl (C=O) groups is 1. The zero-order chi connectivity index (χ0) is 30.0. The highest BCUT2D eigenvalue weighted by molar-refractivity contribution is 5.68. The van der Waals surface area contributed by atoms with Crippen LogP contribution < -0.4 is 10.5 Å². The van der Waals surface area contributed by atoms with Gasteiger partial charge in [-0.05, 0) is 50.2 Å². The number of carboxylic acids is 1. The van der Waals surface area contributed by atoms with Gasteiger partial charge in [-0.1, -0.05) is 30.3 Å². The summed E-state index contributed by atoms with van der Waals surface area (Å²) < 4.78 is 103. The lowest BCUT2D eigenvalue weighted by molar-refractivity contribution is -0.303. The summed E-state index contributed by atoms with van der Waals surface area (Å²) in [5.74, 6) is -5.07. The van der Waals surface area contributed by atoms with Crippen LogP contribution in [0.2, 0.25) is 0 Å². The minimum Gasteiger partial charge on any atom is -0.481 e. The van der Waals surface area contributed by atoms with E-state index in [9.17, 15) is 23.1 Å². The third-order valence-electron chi connectivity index (χ3n) is 6.66. The van der Waals surface area contributed by atoms with Crippen LogP contribution in [0.3, 0.4) is 0 Å². The monoisotopic (exact) mass is 588 g/mol. The molecule has 0 aliphatic carbocycles. The molecule has 4 bridgehead atoms. The quantitative estimate of drug-likeness (QED) is 0.337. The Morgan fingerprint density at radius 3 is 2.49 bits per heavy atom. The third-order valence-corrected chi connectivity index (χ3v) is 6.66. The lowest BCUT2D eigenvalue weighted by Crippen LogP contribution is -2.47. The first-order valence-electron chi connectivity index (χ1n) is 12.5. The molecular formula is C26H26F6N4O5. The molecule has 0 spiro atoms. The number of anilines is 1. The van der Waals surface area contributed by atoms with Crippen LogP contribution in [-0.4, -0.2) is 38.5 Å². The number of hydrogen-bond donors (Lipinski definition) is 2. The lowest BCUT2D eigenvalue weighted by Gasteiger charge is -2.35. The summed E-state index contributed by atoms with van der Waals surface area (Å²) >= 11 is 0. The maximum absolute atomic E-state index is 15.0. The Balaban J connectivity index is 1.90. The van der Waals surface area contributed by atoms with Crippen molar-refractivity contribution in [2.24, 2.45) is 5.92 Å². The van der Waals surface area contributed by atoms with Gasteiger partial charge >= 0.3 is 18.3 Å². The molecule has 2 aromatic heterocycles. The van der Waals surface area contributed by atoms with Gasteiger partial charge in [-0.2, -0.15) is 26.3 Å². The van der Waals surface area contributed by atoms with Crippen molar-refractivity contribution in [1.29, 1.82) is 0 Å². The molecule has 15 heteroatoms. The van der Waals surface area contributed by atoms with Crippen molar-refractivity contribution in [3.05, 3.63) is 53.4 Å². The molecule has 1 aliphatic rings. The molecule has 0 fully saturated rings. The third kappa shape index (κ3) is 6.72. The Morgan fingerprint density at radius 2 is 1.85 bits per heavy atom. The van der Waals surface area contributed by atoms with Crippen molar-refractivity contribution in [3.63, 3.8) is 0 Å². The standard InChI is InChI=1S/C26H26F6N4O5/c1-14-6-5-9-16(10-19(37)38)12-24(26(30,31)32,39-13-15-7-3-2-4-8-15)23-36-35-22(41-23)20-18(33)11-17(25(27,28)29)21(34-20)40-14/h2-4,7-8,11,14,16H,5-6,9-10,12-13,33H2,1H3,(H,37,38)/t14-,16?,24-/m1/s1. The van der Waals surface area contributed by atoms with Crippen LogP contribution in [0.4, 0.5) is 32.0 Å². The molecule has 1 aliphatic heterocycles. The Morgan fingerprint density at radius 1 is 1.15 bits per heavy atom. The molecule has 0 saturated carbocycles. The predicted molar refractivity (Wildman–Crippen MR) is 130 cm³/mol. The number of aliphatic carboxylic acids is 1. The number of alkyl halides is 6. The van der Waals surface area contributed by atoms with E-state index < -0.39 is 90.0 Å². The second-order valence-electron chi connectivity index (χ2n) is 9.82. The number of halogens is 6. The average Bonchev–Trinajstić information content (AvgIpc) is 3.36. The molecule has 0 saturated heterocycles. The van der Waals surface area contributed by atoms with Crippen molar-refractivity contribution >= 4 is 11.7 Å². The molecule has 1 unspecified atom stereocenters. The Labute approximate surface area is 229 Å².